The maximum absolute atomic E-state index is 13.2. The van der Waals surface area contributed by atoms with Gasteiger partial charge in [-0.05, 0) is 89.9 Å². The van der Waals surface area contributed by atoms with E-state index in [0.29, 0.717) is 19.3 Å². The molecule has 6 heteroatoms. The van der Waals surface area contributed by atoms with Gasteiger partial charge in [0.1, 0.15) is 6.10 Å². The van der Waals surface area contributed by atoms with Gasteiger partial charge in [0.25, 0.3) is 0 Å². The predicted octanol–water partition coefficient (Wildman–Crippen LogP) is 17.1. The van der Waals surface area contributed by atoms with Crippen LogP contribution in [0.4, 0.5) is 0 Å². The number of unbranched alkanes of at least 4 members (excludes halogenated alkanes) is 23. The van der Waals surface area contributed by atoms with Crippen molar-refractivity contribution in [1.82, 2.24) is 5.32 Å². The third-order valence-electron chi connectivity index (χ3n) is 12.2. The highest BCUT2D eigenvalue weighted by molar-refractivity contribution is 5.77. The van der Waals surface area contributed by atoms with Gasteiger partial charge in [0.2, 0.25) is 5.91 Å². The Labute approximate surface area is 408 Å². The minimum absolute atomic E-state index is 0.0352. The first-order chi connectivity index (χ1) is 32.5. The number of hydrogen-bond donors (Lipinski definition) is 3. The van der Waals surface area contributed by atoms with Crippen molar-refractivity contribution >= 4 is 11.9 Å². The van der Waals surface area contributed by atoms with E-state index in [4.69, 9.17) is 4.74 Å². The lowest BCUT2D eigenvalue weighted by atomic mass is 10.0. The normalized spacial score (nSPS) is 13.8. The molecule has 3 N–H and O–H groups in total. The summed E-state index contributed by atoms with van der Waals surface area (Å²) in [5.41, 5.74) is 0. The van der Waals surface area contributed by atoms with Crippen molar-refractivity contribution in [2.75, 3.05) is 6.61 Å². The molecule has 3 atom stereocenters. The minimum atomic E-state index is -0.808. The molecule has 1 amide bonds. The Bertz CT molecular complexity index is 1260. The van der Waals surface area contributed by atoms with Crippen molar-refractivity contribution in [3.8, 4) is 0 Å². The summed E-state index contributed by atoms with van der Waals surface area (Å²) in [6, 6.07) is -0.726. The molecule has 66 heavy (non-hydrogen) atoms. The van der Waals surface area contributed by atoms with Crippen LogP contribution in [0.25, 0.3) is 0 Å². The van der Waals surface area contributed by atoms with Crippen LogP contribution in [0.1, 0.15) is 258 Å². The lowest BCUT2D eigenvalue weighted by molar-refractivity contribution is -0.150. The molecule has 6 nitrogen and oxygen atoms in total. The largest absolute Gasteiger partial charge is 0.462 e. The quantitative estimate of drug-likeness (QED) is 0.0321. The van der Waals surface area contributed by atoms with E-state index in [-0.39, 0.29) is 31.3 Å². The number of aliphatic hydroxyl groups excluding tert-OH is 2. The van der Waals surface area contributed by atoms with E-state index < -0.39 is 18.2 Å². The molecule has 0 aromatic rings. The van der Waals surface area contributed by atoms with E-state index >= 15 is 0 Å². The lowest BCUT2D eigenvalue weighted by Crippen LogP contribution is -2.46. The fourth-order valence-electron chi connectivity index (χ4n) is 8.04. The van der Waals surface area contributed by atoms with Crippen LogP contribution >= 0.6 is 0 Å². The van der Waals surface area contributed by atoms with Crippen LogP contribution in [0.5, 0.6) is 0 Å². The first-order valence-corrected chi connectivity index (χ1v) is 27.8. The number of carbonyl (C=O) groups is 2. The van der Waals surface area contributed by atoms with Gasteiger partial charge in [0, 0.05) is 6.42 Å². The molecule has 0 aromatic carbocycles. The predicted molar refractivity (Wildman–Crippen MR) is 287 cm³/mol. The number of rotatable bonds is 49. The molecule has 0 radical (unpaired) electrons. The van der Waals surface area contributed by atoms with E-state index in [0.717, 1.165) is 96.3 Å². The number of hydrogen-bond acceptors (Lipinski definition) is 5. The van der Waals surface area contributed by atoms with Crippen LogP contribution < -0.4 is 5.32 Å². The molecule has 0 saturated carbocycles. The highest BCUT2D eigenvalue weighted by Crippen LogP contribution is 2.17. The molecule has 380 valence electrons. The number of allylic oxidation sites excluding steroid dienone is 14. The SMILES string of the molecule is CC/C=C/C/C=C/C/C=C/C/C=C/C/C=C/CCC(=O)OC(CCCCCCC/C=C\C/C=C\CCCCC)CC(=O)NC(CO)C(O)CCCCCCCCCCCCCCCCCC. The fraction of sp³-hybridized carbons (Fsp3) is 0.733. The minimum Gasteiger partial charge on any atom is -0.462 e. The standard InChI is InChI=1S/C60H105NO5/c1-4-7-10-13-16-19-22-25-28-31-34-37-40-43-46-49-52-58(63)57(55-62)61-59(64)54-56(51-48-45-42-39-36-33-30-27-24-21-18-15-12-9-6-3)66-60(65)53-50-47-44-41-38-35-32-29-26-23-20-17-14-11-8-5-2/h8,11,17-18,20-21,26-27,29-30,35,38,44,47,56-58,62-63H,4-7,9-10,12-16,19,22-25,28,31-34,36-37,39-43,45-46,48-55H2,1-3H3,(H,61,64)/b11-8+,20-17+,21-18-,29-26+,30-27-,38-35+,47-44+. The summed E-state index contributed by atoms with van der Waals surface area (Å²) >= 11 is 0. The van der Waals surface area contributed by atoms with Gasteiger partial charge in [0.15, 0.2) is 0 Å². The van der Waals surface area contributed by atoms with Crippen molar-refractivity contribution in [3.63, 3.8) is 0 Å². The monoisotopic (exact) mass is 920 g/mol. The Kier molecular flexibility index (Phi) is 50.6. The summed E-state index contributed by atoms with van der Waals surface area (Å²) in [7, 11) is 0. The van der Waals surface area contributed by atoms with Crippen LogP contribution in [0.15, 0.2) is 85.1 Å². The Hall–Kier alpha value is -2.96. The molecule has 0 aliphatic heterocycles. The molecule has 0 aromatic heterocycles. The summed E-state index contributed by atoms with van der Waals surface area (Å²) in [5, 5.41) is 23.8. The second-order valence-corrected chi connectivity index (χ2v) is 18.6. The van der Waals surface area contributed by atoms with Crippen LogP contribution in [0.3, 0.4) is 0 Å². The van der Waals surface area contributed by atoms with Crippen molar-refractivity contribution in [1.29, 1.82) is 0 Å². The maximum Gasteiger partial charge on any atom is 0.306 e. The number of amides is 1. The zero-order valence-corrected chi connectivity index (χ0v) is 43.3. The van der Waals surface area contributed by atoms with Crippen molar-refractivity contribution in [2.24, 2.45) is 0 Å². The lowest BCUT2D eigenvalue weighted by Gasteiger charge is -2.24. The molecule has 0 heterocycles. The van der Waals surface area contributed by atoms with Crippen LogP contribution in [-0.2, 0) is 14.3 Å². The molecule has 3 unspecified atom stereocenters. The van der Waals surface area contributed by atoms with Crippen LogP contribution in [0, 0.1) is 0 Å². The zero-order chi connectivity index (χ0) is 48.1. The Morgan fingerprint density at radius 3 is 1.27 bits per heavy atom. The smallest absolute Gasteiger partial charge is 0.306 e. The molecular weight excluding hydrogens is 815 g/mol. The van der Waals surface area contributed by atoms with Crippen molar-refractivity contribution < 1.29 is 24.5 Å². The van der Waals surface area contributed by atoms with Gasteiger partial charge in [-0.3, -0.25) is 9.59 Å². The average Bonchev–Trinajstić information content (AvgIpc) is 3.31. The zero-order valence-electron chi connectivity index (χ0n) is 43.3. The summed E-state index contributed by atoms with van der Waals surface area (Å²) in [6.07, 6.45) is 69.4. The van der Waals surface area contributed by atoms with E-state index in [2.05, 4.69) is 105 Å². The molecule has 0 rings (SSSR count). The summed E-state index contributed by atoms with van der Waals surface area (Å²) in [5.74, 6) is -0.586. The Balaban J connectivity index is 4.68. The second kappa shape index (κ2) is 53.0. The summed E-state index contributed by atoms with van der Waals surface area (Å²) in [4.78, 5) is 26.2. The molecule has 0 aliphatic carbocycles. The highest BCUT2D eigenvalue weighted by atomic mass is 16.5. The van der Waals surface area contributed by atoms with E-state index in [9.17, 15) is 19.8 Å². The molecule has 0 saturated heterocycles. The fourth-order valence-corrected chi connectivity index (χ4v) is 8.04. The van der Waals surface area contributed by atoms with Gasteiger partial charge >= 0.3 is 5.97 Å². The van der Waals surface area contributed by atoms with Gasteiger partial charge < -0.3 is 20.3 Å². The number of carbonyl (C=O) groups excluding carboxylic acids is 2. The first-order valence-electron chi connectivity index (χ1n) is 27.8. The molecule has 0 spiro atoms. The number of esters is 1. The van der Waals surface area contributed by atoms with E-state index in [1.54, 1.807) is 0 Å². The average molecular weight is 921 g/mol. The number of ether oxygens (including phenoxy) is 1. The van der Waals surface area contributed by atoms with Crippen molar-refractivity contribution in [2.45, 2.75) is 277 Å². The van der Waals surface area contributed by atoms with Crippen LogP contribution in [0.2, 0.25) is 0 Å². The van der Waals surface area contributed by atoms with E-state index in [1.807, 2.05) is 6.08 Å². The molecule has 0 aliphatic rings. The second-order valence-electron chi connectivity index (χ2n) is 18.6. The van der Waals surface area contributed by atoms with Gasteiger partial charge in [0.05, 0.1) is 25.2 Å². The summed E-state index contributed by atoms with van der Waals surface area (Å²) in [6.45, 7) is 6.34. The molecule has 0 bridgehead atoms. The first kappa shape index (κ1) is 63.0. The summed E-state index contributed by atoms with van der Waals surface area (Å²) < 4.78 is 5.90. The third-order valence-corrected chi connectivity index (χ3v) is 12.2. The Morgan fingerprint density at radius 1 is 0.455 bits per heavy atom. The highest BCUT2D eigenvalue weighted by Gasteiger charge is 2.24. The molecule has 0 fully saturated rings. The van der Waals surface area contributed by atoms with Gasteiger partial charge in [-0.25, -0.2) is 0 Å². The number of nitrogens with one attached hydrogen (secondary N) is 1. The molecular formula is C60H105NO5. The third kappa shape index (κ3) is 47.5. The van der Waals surface area contributed by atoms with Gasteiger partial charge in [-0.2, -0.15) is 0 Å². The topological polar surface area (TPSA) is 95.9 Å². The Morgan fingerprint density at radius 2 is 0.818 bits per heavy atom. The van der Waals surface area contributed by atoms with Crippen molar-refractivity contribution in [3.05, 3.63) is 85.1 Å². The maximum atomic E-state index is 13.2. The van der Waals surface area contributed by atoms with E-state index in [1.165, 1.54) is 109 Å². The van der Waals surface area contributed by atoms with Crippen LogP contribution in [-0.4, -0.2) is 46.9 Å². The number of aliphatic hydroxyl groups is 2. The van der Waals surface area contributed by atoms with Gasteiger partial charge in [-0.1, -0.05) is 241 Å². The van der Waals surface area contributed by atoms with Gasteiger partial charge in [-0.15, -0.1) is 0 Å².